The summed E-state index contributed by atoms with van der Waals surface area (Å²) in [6.45, 7) is 0. The first kappa shape index (κ1) is 10.1. The lowest BCUT2D eigenvalue weighted by Gasteiger charge is -2.09. The summed E-state index contributed by atoms with van der Waals surface area (Å²) < 4.78 is 0. The standard InChI is InChI=1S/C10H11BrN2/c1-13(2)10-6-5-9(8-12-10)4-3-7-11/h5-6,8H,7H2,1-2H3. The Morgan fingerprint density at radius 3 is 2.69 bits per heavy atom. The molecular formula is C10H11BrN2. The molecule has 0 N–H and O–H groups in total. The van der Waals surface area contributed by atoms with E-state index in [9.17, 15) is 0 Å². The lowest BCUT2D eigenvalue weighted by atomic mass is 10.3. The summed E-state index contributed by atoms with van der Waals surface area (Å²) in [5.41, 5.74) is 0.949. The predicted molar refractivity (Wildman–Crippen MR) is 59.2 cm³/mol. The summed E-state index contributed by atoms with van der Waals surface area (Å²) in [6, 6.07) is 3.93. The Kier molecular flexibility index (Phi) is 3.78. The van der Waals surface area contributed by atoms with Crippen LogP contribution in [-0.2, 0) is 0 Å². The summed E-state index contributed by atoms with van der Waals surface area (Å²) in [7, 11) is 3.93. The van der Waals surface area contributed by atoms with Gasteiger partial charge in [0.2, 0.25) is 0 Å². The Labute approximate surface area is 87.1 Å². The Balaban J connectivity index is 2.81. The molecule has 0 aliphatic heterocycles. The second kappa shape index (κ2) is 4.88. The molecule has 0 aliphatic rings. The second-order valence-corrected chi connectivity index (χ2v) is 3.30. The molecule has 0 aliphatic carbocycles. The van der Waals surface area contributed by atoms with Crippen molar-refractivity contribution in [3.8, 4) is 11.8 Å². The molecular weight excluding hydrogens is 228 g/mol. The maximum absolute atomic E-state index is 4.24. The van der Waals surface area contributed by atoms with Gasteiger partial charge in [-0.05, 0) is 12.1 Å². The monoisotopic (exact) mass is 238 g/mol. The molecule has 0 spiro atoms. The van der Waals surface area contributed by atoms with Crippen LogP contribution in [0.5, 0.6) is 0 Å². The average Bonchev–Trinajstić information content (AvgIpc) is 2.15. The third-order valence-corrected chi connectivity index (χ3v) is 1.79. The molecule has 1 heterocycles. The number of hydrogen-bond acceptors (Lipinski definition) is 2. The first-order valence-corrected chi connectivity index (χ1v) is 5.04. The molecule has 0 fully saturated rings. The number of alkyl halides is 1. The molecule has 0 unspecified atom stereocenters. The van der Waals surface area contributed by atoms with Crippen molar-refractivity contribution >= 4 is 21.7 Å². The van der Waals surface area contributed by atoms with Gasteiger partial charge in [-0.3, -0.25) is 0 Å². The van der Waals surface area contributed by atoms with Gasteiger partial charge < -0.3 is 4.90 Å². The highest BCUT2D eigenvalue weighted by molar-refractivity contribution is 9.09. The fraction of sp³-hybridized carbons (Fsp3) is 0.300. The van der Waals surface area contributed by atoms with Gasteiger partial charge in [-0.15, -0.1) is 0 Å². The van der Waals surface area contributed by atoms with Gasteiger partial charge in [-0.1, -0.05) is 27.8 Å². The van der Waals surface area contributed by atoms with Gasteiger partial charge in [0.05, 0.1) is 5.33 Å². The van der Waals surface area contributed by atoms with E-state index in [1.54, 1.807) is 6.20 Å². The Bertz CT molecular complexity index is 319. The Hall–Kier alpha value is -1.01. The summed E-state index contributed by atoms with van der Waals surface area (Å²) >= 11 is 3.24. The quantitative estimate of drug-likeness (QED) is 0.549. The van der Waals surface area contributed by atoms with Gasteiger partial charge in [0.15, 0.2) is 0 Å². The molecule has 0 radical (unpaired) electrons. The number of aromatic nitrogens is 1. The SMILES string of the molecule is CN(C)c1ccc(C#CCBr)cn1. The van der Waals surface area contributed by atoms with Crippen LogP contribution in [0.25, 0.3) is 0 Å². The number of rotatable bonds is 1. The normalized spacial score (nSPS) is 8.85. The molecule has 68 valence electrons. The van der Waals surface area contributed by atoms with E-state index in [4.69, 9.17) is 0 Å². The third kappa shape index (κ3) is 3.08. The minimum absolute atomic E-state index is 0.697. The van der Waals surface area contributed by atoms with Crippen molar-refractivity contribution in [1.82, 2.24) is 4.98 Å². The zero-order valence-corrected chi connectivity index (χ0v) is 9.30. The van der Waals surface area contributed by atoms with Crippen molar-refractivity contribution in [2.75, 3.05) is 24.3 Å². The molecule has 1 aromatic heterocycles. The van der Waals surface area contributed by atoms with Crippen molar-refractivity contribution in [2.24, 2.45) is 0 Å². The zero-order chi connectivity index (χ0) is 9.68. The Morgan fingerprint density at radius 1 is 1.46 bits per heavy atom. The van der Waals surface area contributed by atoms with Gasteiger partial charge in [-0.25, -0.2) is 4.98 Å². The van der Waals surface area contributed by atoms with Crippen molar-refractivity contribution in [3.63, 3.8) is 0 Å². The third-order valence-electron chi connectivity index (χ3n) is 1.51. The summed E-state index contributed by atoms with van der Waals surface area (Å²) in [4.78, 5) is 6.20. The molecule has 0 bridgehead atoms. The number of hydrogen-bond donors (Lipinski definition) is 0. The van der Waals surface area contributed by atoms with Crippen LogP contribution in [0, 0.1) is 11.8 Å². The molecule has 3 heteroatoms. The topological polar surface area (TPSA) is 16.1 Å². The molecule has 13 heavy (non-hydrogen) atoms. The van der Waals surface area contributed by atoms with Gasteiger partial charge in [0.25, 0.3) is 0 Å². The van der Waals surface area contributed by atoms with Gasteiger partial charge in [0.1, 0.15) is 5.82 Å². The summed E-state index contributed by atoms with van der Waals surface area (Å²) in [6.07, 6.45) is 1.78. The van der Waals surface area contributed by atoms with Crippen LogP contribution in [0.15, 0.2) is 18.3 Å². The van der Waals surface area contributed by atoms with Crippen LogP contribution in [0.1, 0.15) is 5.56 Å². The molecule has 2 nitrogen and oxygen atoms in total. The van der Waals surface area contributed by atoms with Crippen LogP contribution >= 0.6 is 15.9 Å². The first-order chi connectivity index (χ1) is 6.24. The molecule has 0 saturated heterocycles. The zero-order valence-electron chi connectivity index (χ0n) is 7.71. The van der Waals surface area contributed by atoms with Crippen molar-refractivity contribution in [1.29, 1.82) is 0 Å². The minimum atomic E-state index is 0.697. The van der Waals surface area contributed by atoms with E-state index in [-0.39, 0.29) is 0 Å². The van der Waals surface area contributed by atoms with Gasteiger partial charge in [0, 0.05) is 25.9 Å². The number of pyridine rings is 1. The predicted octanol–water partition coefficient (Wildman–Crippen LogP) is 1.89. The van der Waals surface area contributed by atoms with E-state index in [1.807, 2.05) is 31.1 Å². The van der Waals surface area contributed by atoms with E-state index in [1.165, 1.54) is 0 Å². The largest absolute Gasteiger partial charge is 0.363 e. The van der Waals surface area contributed by atoms with Crippen molar-refractivity contribution < 1.29 is 0 Å². The lowest BCUT2D eigenvalue weighted by molar-refractivity contribution is 1.07. The molecule has 1 rings (SSSR count). The highest BCUT2D eigenvalue weighted by Gasteiger charge is 1.94. The molecule has 1 aromatic rings. The van der Waals surface area contributed by atoms with E-state index < -0.39 is 0 Å². The van der Waals surface area contributed by atoms with Crippen molar-refractivity contribution in [3.05, 3.63) is 23.9 Å². The van der Waals surface area contributed by atoms with Gasteiger partial charge >= 0.3 is 0 Å². The maximum atomic E-state index is 4.24. The van der Waals surface area contributed by atoms with Crippen LogP contribution < -0.4 is 4.90 Å². The van der Waals surface area contributed by atoms with Crippen LogP contribution in [-0.4, -0.2) is 24.4 Å². The maximum Gasteiger partial charge on any atom is 0.128 e. The average molecular weight is 239 g/mol. The van der Waals surface area contributed by atoms with Crippen LogP contribution in [0.4, 0.5) is 5.82 Å². The van der Waals surface area contributed by atoms with Crippen molar-refractivity contribution in [2.45, 2.75) is 0 Å². The number of anilines is 1. The smallest absolute Gasteiger partial charge is 0.128 e. The second-order valence-electron chi connectivity index (χ2n) is 2.73. The lowest BCUT2D eigenvalue weighted by Crippen LogP contribution is -2.10. The van der Waals surface area contributed by atoms with E-state index in [2.05, 4.69) is 32.8 Å². The molecule has 0 amide bonds. The highest BCUT2D eigenvalue weighted by Crippen LogP contribution is 2.06. The summed E-state index contributed by atoms with van der Waals surface area (Å²) in [5.74, 6) is 6.86. The van der Waals surface area contributed by atoms with Crippen LogP contribution in [0.3, 0.4) is 0 Å². The van der Waals surface area contributed by atoms with E-state index >= 15 is 0 Å². The Morgan fingerprint density at radius 2 is 2.23 bits per heavy atom. The van der Waals surface area contributed by atoms with E-state index in [0.717, 1.165) is 11.4 Å². The molecule has 0 aromatic carbocycles. The highest BCUT2D eigenvalue weighted by atomic mass is 79.9. The van der Waals surface area contributed by atoms with Crippen LogP contribution in [0.2, 0.25) is 0 Å². The van der Waals surface area contributed by atoms with Gasteiger partial charge in [-0.2, -0.15) is 0 Å². The first-order valence-electron chi connectivity index (χ1n) is 3.92. The molecule has 0 saturated carbocycles. The minimum Gasteiger partial charge on any atom is -0.363 e. The fourth-order valence-electron chi connectivity index (χ4n) is 0.860. The number of nitrogens with zero attached hydrogens (tertiary/aromatic N) is 2. The number of halogens is 1. The van der Waals surface area contributed by atoms with E-state index in [0.29, 0.717) is 5.33 Å². The molecule has 0 atom stereocenters. The summed E-state index contributed by atoms with van der Waals surface area (Å²) in [5, 5.41) is 0.697. The fourth-order valence-corrected chi connectivity index (χ4v) is 1.00.